The predicted molar refractivity (Wildman–Crippen MR) is 339 cm³/mol. The Morgan fingerprint density at radius 1 is 0.269 bits per heavy atom. The largest absolute Gasteiger partial charge is 0.462 e. The Balaban J connectivity index is 4.02. The van der Waals surface area contributed by atoms with E-state index in [-0.39, 0.29) is 37.5 Å². The van der Waals surface area contributed by atoms with E-state index in [1.165, 1.54) is 128 Å². The molecule has 0 rings (SSSR count). The highest BCUT2D eigenvalue weighted by Gasteiger charge is 2.19. The second kappa shape index (κ2) is 65.3. The molecular formula is C72H120O6. The lowest BCUT2D eigenvalue weighted by atomic mass is 10.0. The highest BCUT2D eigenvalue weighted by atomic mass is 16.6. The fourth-order valence-corrected chi connectivity index (χ4v) is 8.91. The van der Waals surface area contributed by atoms with Gasteiger partial charge in [0.15, 0.2) is 6.10 Å². The molecule has 6 nitrogen and oxygen atoms in total. The number of hydrogen-bond acceptors (Lipinski definition) is 6. The monoisotopic (exact) mass is 1080 g/mol. The van der Waals surface area contributed by atoms with E-state index in [9.17, 15) is 14.4 Å². The van der Waals surface area contributed by atoms with Crippen molar-refractivity contribution >= 4 is 17.9 Å². The SMILES string of the molecule is CC/C=C\C/C=C\C/C=C\C/C=C\C/C=C\CCCCCCCCCCCCCCCCCCCCCC(=O)OCC(COC(=O)CCCCCCCC)OC(=O)CCCCC/C=C\C/C=C\C/C=C\C/C=C\C/C=C\CC. The van der Waals surface area contributed by atoms with Crippen LogP contribution < -0.4 is 0 Å². The summed E-state index contributed by atoms with van der Waals surface area (Å²) in [6.07, 6.45) is 91.2. The average molecular weight is 1080 g/mol. The van der Waals surface area contributed by atoms with Gasteiger partial charge in [-0.1, -0.05) is 290 Å². The maximum absolute atomic E-state index is 12.8. The molecular weight excluding hydrogens is 961 g/mol. The predicted octanol–water partition coefficient (Wildman–Crippen LogP) is 22.4. The van der Waals surface area contributed by atoms with Crippen molar-refractivity contribution in [3.63, 3.8) is 0 Å². The summed E-state index contributed by atoms with van der Waals surface area (Å²) in [5.74, 6) is -0.927. The second-order valence-electron chi connectivity index (χ2n) is 21.3. The molecule has 0 aromatic carbocycles. The van der Waals surface area contributed by atoms with E-state index < -0.39 is 6.10 Å². The zero-order chi connectivity index (χ0) is 56.4. The third-order valence-corrected chi connectivity index (χ3v) is 13.7. The highest BCUT2D eigenvalue weighted by molar-refractivity contribution is 5.71. The van der Waals surface area contributed by atoms with Gasteiger partial charge in [-0.05, 0) is 109 Å². The number of esters is 3. The van der Waals surface area contributed by atoms with Gasteiger partial charge in [0.05, 0.1) is 0 Å². The summed E-state index contributed by atoms with van der Waals surface area (Å²) in [6.45, 7) is 6.34. The van der Waals surface area contributed by atoms with Crippen molar-refractivity contribution in [2.24, 2.45) is 0 Å². The number of carbonyl (C=O) groups is 3. The van der Waals surface area contributed by atoms with Gasteiger partial charge in [0.25, 0.3) is 0 Å². The van der Waals surface area contributed by atoms with Crippen molar-refractivity contribution in [1.82, 2.24) is 0 Å². The molecule has 1 unspecified atom stereocenters. The first kappa shape index (κ1) is 73.8. The third kappa shape index (κ3) is 62.7. The van der Waals surface area contributed by atoms with Gasteiger partial charge in [-0.15, -0.1) is 0 Å². The summed E-state index contributed by atoms with van der Waals surface area (Å²) in [5, 5.41) is 0. The van der Waals surface area contributed by atoms with E-state index in [0.29, 0.717) is 12.8 Å². The van der Waals surface area contributed by atoms with E-state index in [2.05, 4.69) is 142 Å². The molecule has 0 aliphatic carbocycles. The molecule has 0 amide bonds. The van der Waals surface area contributed by atoms with Gasteiger partial charge in [-0.3, -0.25) is 14.4 Å². The molecule has 6 heteroatoms. The van der Waals surface area contributed by atoms with Gasteiger partial charge in [-0.25, -0.2) is 0 Å². The van der Waals surface area contributed by atoms with Crippen molar-refractivity contribution in [2.75, 3.05) is 13.2 Å². The average Bonchev–Trinajstić information content (AvgIpc) is 3.44. The van der Waals surface area contributed by atoms with Crippen molar-refractivity contribution < 1.29 is 28.6 Å². The van der Waals surface area contributed by atoms with Crippen LogP contribution in [0.25, 0.3) is 0 Å². The molecule has 0 fully saturated rings. The minimum atomic E-state index is -0.793. The van der Waals surface area contributed by atoms with Crippen LogP contribution in [0, 0.1) is 0 Å². The maximum Gasteiger partial charge on any atom is 0.306 e. The summed E-state index contributed by atoms with van der Waals surface area (Å²) in [7, 11) is 0. The van der Waals surface area contributed by atoms with Gasteiger partial charge in [0.1, 0.15) is 13.2 Å². The molecule has 0 spiro atoms. The Hall–Kier alpha value is -4.19. The summed E-state index contributed by atoms with van der Waals surface area (Å²) < 4.78 is 16.8. The quantitative estimate of drug-likeness (QED) is 0.0261. The van der Waals surface area contributed by atoms with E-state index in [1.807, 2.05) is 0 Å². The molecule has 0 saturated heterocycles. The van der Waals surface area contributed by atoms with E-state index in [4.69, 9.17) is 14.2 Å². The summed E-state index contributed by atoms with van der Waals surface area (Å²) in [4.78, 5) is 38.0. The number of ether oxygens (including phenoxy) is 3. The molecule has 78 heavy (non-hydrogen) atoms. The third-order valence-electron chi connectivity index (χ3n) is 13.7. The molecule has 0 saturated carbocycles. The number of carbonyl (C=O) groups excluding carboxylic acids is 3. The lowest BCUT2D eigenvalue weighted by Crippen LogP contribution is -2.30. The van der Waals surface area contributed by atoms with E-state index >= 15 is 0 Å². The topological polar surface area (TPSA) is 78.9 Å². The van der Waals surface area contributed by atoms with Gasteiger partial charge in [0.2, 0.25) is 0 Å². The normalized spacial score (nSPS) is 12.9. The first-order valence-electron chi connectivity index (χ1n) is 32.5. The van der Waals surface area contributed by atoms with E-state index in [0.717, 1.165) is 128 Å². The van der Waals surface area contributed by atoms with Crippen LogP contribution in [0.3, 0.4) is 0 Å². The lowest BCUT2D eigenvalue weighted by Gasteiger charge is -2.18. The number of rotatable bonds is 58. The van der Waals surface area contributed by atoms with Gasteiger partial charge in [0, 0.05) is 19.3 Å². The Morgan fingerprint density at radius 3 is 0.795 bits per heavy atom. The zero-order valence-corrected chi connectivity index (χ0v) is 50.9. The number of unbranched alkanes of at least 4 members (excludes halogenated alkanes) is 27. The van der Waals surface area contributed by atoms with Crippen LogP contribution in [0.5, 0.6) is 0 Å². The summed E-state index contributed by atoms with van der Waals surface area (Å²) in [6, 6.07) is 0. The smallest absolute Gasteiger partial charge is 0.306 e. The Labute approximate surface area is 482 Å². The molecule has 0 N–H and O–H groups in total. The van der Waals surface area contributed by atoms with Gasteiger partial charge in [-0.2, -0.15) is 0 Å². The molecule has 0 aliphatic rings. The first-order valence-corrected chi connectivity index (χ1v) is 32.5. The molecule has 0 aromatic heterocycles. The second-order valence-corrected chi connectivity index (χ2v) is 21.3. The number of allylic oxidation sites excluding steroid dienone is 20. The Bertz CT molecular complexity index is 1620. The lowest BCUT2D eigenvalue weighted by molar-refractivity contribution is -0.167. The summed E-state index contributed by atoms with van der Waals surface area (Å²) in [5.41, 5.74) is 0. The van der Waals surface area contributed by atoms with Crippen molar-refractivity contribution in [3.05, 3.63) is 122 Å². The van der Waals surface area contributed by atoms with Crippen LogP contribution >= 0.6 is 0 Å². The minimum Gasteiger partial charge on any atom is -0.462 e. The molecule has 1 atom stereocenters. The van der Waals surface area contributed by atoms with Crippen LogP contribution in [-0.4, -0.2) is 37.2 Å². The van der Waals surface area contributed by atoms with Crippen LogP contribution in [0.1, 0.15) is 297 Å². The zero-order valence-electron chi connectivity index (χ0n) is 50.9. The Morgan fingerprint density at radius 2 is 0.500 bits per heavy atom. The fraction of sp³-hybridized carbons (Fsp3) is 0.681. The van der Waals surface area contributed by atoms with Crippen molar-refractivity contribution in [3.8, 4) is 0 Å². The van der Waals surface area contributed by atoms with Crippen LogP contribution in [0.15, 0.2) is 122 Å². The van der Waals surface area contributed by atoms with Crippen LogP contribution in [-0.2, 0) is 28.6 Å². The standard InChI is InChI=1S/C72H120O6/c1-4-7-10-13-16-18-20-22-24-26-28-29-30-31-32-33-34-35-36-37-38-39-40-41-42-43-45-46-48-50-52-54-56-59-62-65-71(74)77-68-69(67-76-70(73)64-61-58-15-12-9-6-3)78-72(75)66-63-60-57-55-53-51-49-47-44-27-25-23-21-19-17-14-11-8-5-2/h7-8,10-11,16-19,22-25,28-29,31-32,44,47,51,53,69H,4-6,9,12-15,20-21,26-27,30,33-43,45-46,48-50,52,54-68H2,1-3H3/b10-7-,11-8-,18-16-,19-17-,24-22-,25-23-,29-28-,32-31-,47-44-,53-51-. The molecule has 0 radical (unpaired) electrons. The first-order chi connectivity index (χ1) is 38.5. The van der Waals surface area contributed by atoms with Crippen molar-refractivity contribution in [2.45, 2.75) is 303 Å². The molecule has 0 aromatic rings. The Kier molecular flexibility index (Phi) is 61.8. The van der Waals surface area contributed by atoms with E-state index in [1.54, 1.807) is 0 Å². The minimum absolute atomic E-state index is 0.0900. The van der Waals surface area contributed by atoms with Gasteiger partial charge < -0.3 is 14.2 Å². The van der Waals surface area contributed by atoms with Crippen molar-refractivity contribution in [1.29, 1.82) is 0 Å². The van der Waals surface area contributed by atoms with Crippen LogP contribution in [0.2, 0.25) is 0 Å². The van der Waals surface area contributed by atoms with Crippen LogP contribution in [0.4, 0.5) is 0 Å². The highest BCUT2D eigenvalue weighted by Crippen LogP contribution is 2.16. The molecule has 444 valence electrons. The fourth-order valence-electron chi connectivity index (χ4n) is 8.91. The molecule has 0 bridgehead atoms. The van der Waals surface area contributed by atoms with Gasteiger partial charge >= 0.3 is 17.9 Å². The molecule has 0 heterocycles. The summed E-state index contributed by atoms with van der Waals surface area (Å²) >= 11 is 0. The maximum atomic E-state index is 12.8. The molecule has 0 aliphatic heterocycles. The number of hydrogen-bond donors (Lipinski definition) is 0.